The zero-order valence-corrected chi connectivity index (χ0v) is 10.0. The molecule has 0 aliphatic rings. The van der Waals surface area contributed by atoms with E-state index in [4.69, 9.17) is 16.3 Å². The van der Waals surface area contributed by atoms with Crippen molar-refractivity contribution in [2.45, 2.75) is 26.7 Å². The van der Waals surface area contributed by atoms with Gasteiger partial charge in [-0.3, -0.25) is 0 Å². The SMILES string of the molecule is CCOC(=O)c1c(C)cc(C)cc1CCl. The maximum absolute atomic E-state index is 11.7. The molecular weight excluding hydrogens is 212 g/mol. The van der Waals surface area contributed by atoms with Crippen LogP contribution in [0.15, 0.2) is 12.1 Å². The van der Waals surface area contributed by atoms with Crippen molar-refractivity contribution in [2.24, 2.45) is 0 Å². The lowest BCUT2D eigenvalue weighted by molar-refractivity contribution is 0.0524. The molecule has 1 aromatic carbocycles. The van der Waals surface area contributed by atoms with Crippen LogP contribution in [0.2, 0.25) is 0 Å². The van der Waals surface area contributed by atoms with Crippen molar-refractivity contribution in [3.05, 3.63) is 34.4 Å². The van der Waals surface area contributed by atoms with Gasteiger partial charge >= 0.3 is 5.97 Å². The maximum Gasteiger partial charge on any atom is 0.338 e. The first kappa shape index (κ1) is 12.1. The van der Waals surface area contributed by atoms with Gasteiger partial charge in [-0.2, -0.15) is 0 Å². The number of carbonyl (C=O) groups is 1. The number of rotatable bonds is 3. The molecule has 1 aromatic rings. The number of esters is 1. The second-order valence-corrected chi connectivity index (χ2v) is 3.74. The Morgan fingerprint density at radius 2 is 2.07 bits per heavy atom. The van der Waals surface area contributed by atoms with Gasteiger partial charge in [0.25, 0.3) is 0 Å². The average Bonchev–Trinajstić information content (AvgIpc) is 2.16. The van der Waals surface area contributed by atoms with Gasteiger partial charge in [-0.25, -0.2) is 4.79 Å². The Morgan fingerprint density at radius 3 is 2.60 bits per heavy atom. The van der Waals surface area contributed by atoms with Crippen LogP contribution >= 0.6 is 11.6 Å². The summed E-state index contributed by atoms with van der Waals surface area (Å²) >= 11 is 5.81. The van der Waals surface area contributed by atoms with Gasteiger partial charge in [0.1, 0.15) is 0 Å². The molecule has 2 nitrogen and oxygen atoms in total. The molecule has 0 saturated heterocycles. The van der Waals surface area contributed by atoms with Gasteiger partial charge in [0.15, 0.2) is 0 Å². The van der Waals surface area contributed by atoms with E-state index in [2.05, 4.69) is 0 Å². The fourth-order valence-corrected chi connectivity index (χ4v) is 1.87. The van der Waals surface area contributed by atoms with Crippen molar-refractivity contribution >= 4 is 17.6 Å². The highest BCUT2D eigenvalue weighted by Crippen LogP contribution is 2.19. The van der Waals surface area contributed by atoms with Crippen LogP contribution in [0, 0.1) is 13.8 Å². The number of hydrogen-bond acceptors (Lipinski definition) is 2. The summed E-state index contributed by atoms with van der Waals surface area (Å²) < 4.78 is 4.99. The van der Waals surface area contributed by atoms with Crippen LogP contribution in [0.1, 0.15) is 34.0 Å². The van der Waals surface area contributed by atoms with Crippen LogP contribution in [0.4, 0.5) is 0 Å². The summed E-state index contributed by atoms with van der Waals surface area (Å²) in [5.74, 6) is 0.0436. The molecule has 0 saturated carbocycles. The van der Waals surface area contributed by atoms with E-state index in [1.165, 1.54) is 0 Å². The van der Waals surface area contributed by atoms with E-state index in [1.807, 2.05) is 26.0 Å². The molecule has 0 spiro atoms. The number of benzene rings is 1. The molecule has 0 bridgehead atoms. The molecule has 0 unspecified atom stereocenters. The number of halogens is 1. The summed E-state index contributed by atoms with van der Waals surface area (Å²) in [6, 6.07) is 3.88. The molecule has 0 atom stereocenters. The van der Waals surface area contributed by atoms with Crippen LogP contribution in [-0.2, 0) is 10.6 Å². The molecule has 0 amide bonds. The average molecular weight is 227 g/mol. The molecule has 1 rings (SSSR count). The minimum atomic E-state index is -0.286. The van der Waals surface area contributed by atoms with Gasteiger partial charge < -0.3 is 4.74 Å². The monoisotopic (exact) mass is 226 g/mol. The zero-order chi connectivity index (χ0) is 11.4. The third kappa shape index (κ3) is 2.72. The van der Waals surface area contributed by atoms with Crippen LogP contribution in [-0.4, -0.2) is 12.6 Å². The summed E-state index contributed by atoms with van der Waals surface area (Å²) in [6.45, 7) is 6.06. The Bertz CT molecular complexity index is 372. The smallest absolute Gasteiger partial charge is 0.338 e. The van der Waals surface area contributed by atoms with Crippen LogP contribution in [0.3, 0.4) is 0 Å². The minimum Gasteiger partial charge on any atom is -0.462 e. The Kier molecular flexibility index (Phi) is 4.15. The van der Waals surface area contributed by atoms with Crippen molar-refractivity contribution < 1.29 is 9.53 Å². The molecule has 0 radical (unpaired) electrons. The maximum atomic E-state index is 11.7. The molecule has 3 heteroatoms. The second-order valence-electron chi connectivity index (χ2n) is 3.47. The number of hydrogen-bond donors (Lipinski definition) is 0. The lowest BCUT2D eigenvalue weighted by atomic mass is 10.00. The third-order valence-electron chi connectivity index (χ3n) is 2.19. The Balaban J connectivity index is 3.20. The van der Waals surface area contributed by atoms with E-state index in [0.717, 1.165) is 16.7 Å². The fraction of sp³-hybridized carbons (Fsp3) is 0.417. The number of carbonyl (C=O) groups excluding carboxylic acids is 1. The Labute approximate surface area is 95.2 Å². The summed E-state index contributed by atoms with van der Waals surface area (Å²) in [4.78, 5) is 11.7. The normalized spacial score (nSPS) is 10.1. The highest BCUT2D eigenvalue weighted by atomic mass is 35.5. The molecule has 15 heavy (non-hydrogen) atoms. The molecule has 0 heterocycles. The molecular formula is C12H15ClO2. The minimum absolute atomic E-state index is 0.286. The van der Waals surface area contributed by atoms with Gasteiger partial charge in [-0.15, -0.1) is 11.6 Å². The second kappa shape index (κ2) is 5.17. The lowest BCUT2D eigenvalue weighted by Gasteiger charge is -2.11. The Hall–Kier alpha value is -1.02. The van der Waals surface area contributed by atoms with Crippen molar-refractivity contribution in [2.75, 3.05) is 6.61 Å². The van der Waals surface area contributed by atoms with Crippen molar-refractivity contribution in [3.63, 3.8) is 0 Å². The first-order valence-corrected chi connectivity index (χ1v) is 5.46. The fourth-order valence-electron chi connectivity index (χ4n) is 1.66. The molecule has 0 aromatic heterocycles. The van der Waals surface area contributed by atoms with Gasteiger partial charge in [0, 0.05) is 5.88 Å². The van der Waals surface area contributed by atoms with E-state index in [9.17, 15) is 4.79 Å². The highest BCUT2D eigenvalue weighted by Gasteiger charge is 2.15. The van der Waals surface area contributed by atoms with Gasteiger partial charge in [0.05, 0.1) is 12.2 Å². The number of ether oxygens (including phenoxy) is 1. The van der Waals surface area contributed by atoms with E-state index in [1.54, 1.807) is 6.92 Å². The predicted octanol–water partition coefficient (Wildman–Crippen LogP) is 3.22. The third-order valence-corrected chi connectivity index (χ3v) is 2.47. The van der Waals surface area contributed by atoms with Crippen molar-refractivity contribution in [1.29, 1.82) is 0 Å². The molecule has 0 N–H and O–H groups in total. The first-order valence-electron chi connectivity index (χ1n) is 4.93. The highest BCUT2D eigenvalue weighted by molar-refractivity contribution is 6.17. The number of alkyl halides is 1. The predicted molar refractivity (Wildman–Crippen MR) is 61.4 cm³/mol. The number of aryl methyl sites for hydroxylation is 2. The summed E-state index contributed by atoms with van der Waals surface area (Å²) in [7, 11) is 0. The van der Waals surface area contributed by atoms with E-state index < -0.39 is 0 Å². The molecule has 82 valence electrons. The Morgan fingerprint density at radius 1 is 1.40 bits per heavy atom. The summed E-state index contributed by atoms with van der Waals surface area (Å²) in [5, 5.41) is 0. The van der Waals surface area contributed by atoms with Crippen molar-refractivity contribution in [3.8, 4) is 0 Å². The topological polar surface area (TPSA) is 26.3 Å². The van der Waals surface area contributed by atoms with Crippen LogP contribution in [0.5, 0.6) is 0 Å². The largest absolute Gasteiger partial charge is 0.462 e. The van der Waals surface area contributed by atoms with Gasteiger partial charge in [-0.05, 0) is 31.9 Å². The van der Waals surface area contributed by atoms with E-state index in [-0.39, 0.29) is 5.97 Å². The zero-order valence-electron chi connectivity index (χ0n) is 9.26. The quantitative estimate of drug-likeness (QED) is 0.584. The van der Waals surface area contributed by atoms with Crippen LogP contribution < -0.4 is 0 Å². The summed E-state index contributed by atoms with van der Waals surface area (Å²) in [6.07, 6.45) is 0. The lowest BCUT2D eigenvalue weighted by Crippen LogP contribution is -2.10. The van der Waals surface area contributed by atoms with Gasteiger partial charge in [-0.1, -0.05) is 17.7 Å². The van der Waals surface area contributed by atoms with E-state index >= 15 is 0 Å². The first-order chi connectivity index (χ1) is 7.10. The van der Waals surface area contributed by atoms with Crippen LogP contribution in [0.25, 0.3) is 0 Å². The van der Waals surface area contributed by atoms with Gasteiger partial charge in [0.2, 0.25) is 0 Å². The molecule has 0 aliphatic carbocycles. The summed E-state index contributed by atoms with van der Waals surface area (Å²) in [5.41, 5.74) is 3.48. The standard InChI is InChI=1S/C12H15ClO2/c1-4-15-12(14)11-9(3)5-8(2)6-10(11)7-13/h5-6H,4,7H2,1-3H3. The molecule has 0 aliphatic heterocycles. The molecule has 0 fully saturated rings. The van der Waals surface area contributed by atoms with Crippen molar-refractivity contribution in [1.82, 2.24) is 0 Å². The van der Waals surface area contributed by atoms with E-state index in [0.29, 0.717) is 18.1 Å².